The van der Waals surface area contributed by atoms with Crippen molar-refractivity contribution in [3.05, 3.63) is 305 Å². The smallest absolute Gasteiger partial charge is 0.137 e. The van der Waals surface area contributed by atoms with Crippen LogP contribution in [0.25, 0.3) is 74.8 Å². The zero-order valence-corrected chi connectivity index (χ0v) is 66.7. The van der Waals surface area contributed by atoms with E-state index in [2.05, 4.69) is 131 Å². The van der Waals surface area contributed by atoms with Crippen molar-refractivity contribution in [2.75, 3.05) is 14.2 Å². The van der Waals surface area contributed by atoms with Crippen molar-refractivity contribution in [3.8, 4) is 11.5 Å². The van der Waals surface area contributed by atoms with Crippen LogP contribution in [0, 0.1) is 76.2 Å². The molecule has 0 unspecified atom stereocenters. The van der Waals surface area contributed by atoms with Gasteiger partial charge >= 0.3 is 0 Å². The lowest BCUT2D eigenvalue weighted by molar-refractivity contribution is 0.415. The second-order valence-electron chi connectivity index (χ2n) is 23.5. The summed E-state index contributed by atoms with van der Waals surface area (Å²) in [5.74, 6) is 2.52. The Morgan fingerprint density at radius 3 is 1.63 bits per heavy atom. The van der Waals surface area contributed by atoms with Gasteiger partial charge < -0.3 is 28.8 Å². The van der Waals surface area contributed by atoms with Gasteiger partial charge in [0.2, 0.25) is 0 Å². The van der Waals surface area contributed by atoms with Gasteiger partial charge in [0.05, 0.1) is 44.5 Å². The highest BCUT2D eigenvalue weighted by Gasteiger charge is 2.07. The third-order valence-corrected chi connectivity index (χ3v) is 20.3. The number of rotatable bonds is 2. The predicted molar refractivity (Wildman–Crippen MR) is 442 cm³/mol. The molecule has 16 rings (SSSR count). The summed E-state index contributed by atoms with van der Waals surface area (Å²) in [6.45, 7) is 22.6. The quantitative estimate of drug-likeness (QED) is 0.161. The molecule has 16 aromatic rings. The molecular formula is C82H75BrCl8N4O3S2. The maximum Gasteiger partial charge on any atom is 0.137 e. The molecule has 10 aromatic carbocycles. The minimum absolute atomic E-state index is 0.613. The number of aromatic nitrogens is 4. The fourth-order valence-electron chi connectivity index (χ4n) is 10.3. The van der Waals surface area contributed by atoms with Crippen LogP contribution in [0.15, 0.2) is 209 Å². The summed E-state index contributed by atoms with van der Waals surface area (Å²) < 4.78 is 19.1. The summed E-state index contributed by atoms with van der Waals surface area (Å²) in [5.41, 5.74) is 15.1. The number of nitrogens with zero attached hydrogens (tertiary/aromatic N) is 1. The van der Waals surface area contributed by atoms with E-state index < -0.39 is 0 Å². The first-order valence-corrected chi connectivity index (χ1v) is 36.9. The van der Waals surface area contributed by atoms with Gasteiger partial charge in [-0.2, -0.15) is 0 Å². The van der Waals surface area contributed by atoms with Crippen molar-refractivity contribution in [1.29, 1.82) is 0 Å². The van der Waals surface area contributed by atoms with E-state index in [1.165, 1.54) is 80.4 Å². The number of nitrogens with one attached hydrogen (secondary N) is 3. The number of thiazole rings is 1. The molecule has 18 heteroatoms. The number of furan rings is 1. The summed E-state index contributed by atoms with van der Waals surface area (Å²) in [4.78, 5) is 15.5. The first kappa shape index (κ1) is 78.6. The normalized spacial score (nSPS) is 10.5. The average Bonchev–Trinajstić information content (AvgIpc) is 1.68. The van der Waals surface area contributed by atoms with Crippen LogP contribution in [0.2, 0.25) is 40.2 Å². The monoisotopic (exact) mass is 1590 g/mol. The van der Waals surface area contributed by atoms with Gasteiger partial charge in [-0.3, -0.25) is 0 Å². The number of aromatic amines is 3. The van der Waals surface area contributed by atoms with Crippen molar-refractivity contribution in [3.63, 3.8) is 0 Å². The largest absolute Gasteiger partial charge is 0.497 e. The fourth-order valence-corrected chi connectivity index (χ4v) is 14.1. The molecule has 0 spiro atoms. The van der Waals surface area contributed by atoms with Crippen LogP contribution in [-0.4, -0.2) is 34.2 Å². The molecule has 100 heavy (non-hydrogen) atoms. The standard InChI is InChI=1S/C11H9Br.C10H10ClN.C10H9ClS.2C9H8ClN.C9H7ClO.C9H9NOS.C8H9ClO.C7H6Cl2/c1-8-2-3-10-7-11(12)5-4-9(10)6-8;2*1-6-7(2)12-10-5-8(11)3-4-9(6)10;1-6-4-7-5-8(10)2-3-9(7)11-6;2*1-6-4-7-2-3-8(10)5-9(7)11-6;1-6-10-8-5-7(11-2)3-4-9(8)12-6;1-6-3-4-8(10-2)7(9)5-6;1-5-2-3-6(8)7(9)4-5/h2-7H,1H3;3-5,12H,1-2H3;3-5H,1-2H3;2*2-5,11H,1H3;2-5H,1H3;3-5H,1-2H3;3-5H,1-2H3;2-4H,1H3. The molecule has 3 N–H and O–H groups in total. The molecule has 0 bridgehead atoms. The minimum atomic E-state index is 0.613. The van der Waals surface area contributed by atoms with Crippen LogP contribution >= 0.6 is 131 Å². The molecule has 6 aromatic heterocycles. The van der Waals surface area contributed by atoms with Gasteiger partial charge in [-0.25, -0.2) is 4.98 Å². The Hall–Kier alpha value is -7.13. The molecule has 0 aliphatic heterocycles. The molecule has 0 aliphatic rings. The number of hydrogen-bond acceptors (Lipinski definition) is 6. The number of ether oxygens (including phenoxy) is 2. The van der Waals surface area contributed by atoms with E-state index >= 15 is 0 Å². The molecule has 0 radical (unpaired) electrons. The highest BCUT2D eigenvalue weighted by Crippen LogP contribution is 2.33. The third-order valence-electron chi connectivity index (χ3n) is 15.5. The van der Waals surface area contributed by atoms with Crippen molar-refractivity contribution in [2.24, 2.45) is 0 Å². The Morgan fingerprint density at radius 2 is 0.950 bits per heavy atom. The Labute approximate surface area is 641 Å². The zero-order valence-electron chi connectivity index (χ0n) is 57.4. The molecule has 0 amide bonds. The lowest BCUT2D eigenvalue weighted by Crippen LogP contribution is -1.83. The van der Waals surface area contributed by atoms with E-state index in [1.807, 2.05) is 186 Å². The second-order valence-corrected chi connectivity index (χ2v) is 30.3. The van der Waals surface area contributed by atoms with E-state index in [4.69, 9.17) is 107 Å². The Balaban J connectivity index is 0.000000143. The fraction of sp³-hybridized carbons (Fsp3) is 0.159. The van der Waals surface area contributed by atoms with Crippen LogP contribution < -0.4 is 9.47 Å². The van der Waals surface area contributed by atoms with Gasteiger partial charge in [0, 0.05) is 95.0 Å². The van der Waals surface area contributed by atoms with Crippen molar-refractivity contribution < 1.29 is 13.9 Å². The first-order valence-electron chi connectivity index (χ1n) is 31.5. The number of H-pyrrole nitrogens is 3. The van der Waals surface area contributed by atoms with E-state index in [0.29, 0.717) is 20.1 Å². The van der Waals surface area contributed by atoms with E-state index in [0.717, 1.165) is 91.0 Å². The molecule has 6 heterocycles. The maximum absolute atomic E-state index is 5.89. The van der Waals surface area contributed by atoms with Crippen LogP contribution in [0.1, 0.15) is 60.5 Å². The molecule has 516 valence electrons. The van der Waals surface area contributed by atoms with Gasteiger partial charge in [0.15, 0.2) is 0 Å². The van der Waals surface area contributed by atoms with Crippen LogP contribution in [0.5, 0.6) is 11.5 Å². The summed E-state index contributed by atoms with van der Waals surface area (Å²) in [6, 6.07) is 65.5. The third kappa shape index (κ3) is 22.9. The van der Waals surface area contributed by atoms with Crippen molar-refractivity contribution in [2.45, 2.75) is 76.2 Å². The van der Waals surface area contributed by atoms with Gasteiger partial charge in [-0.15, -0.1) is 22.7 Å². The molecule has 0 atom stereocenters. The van der Waals surface area contributed by atoms with Gasteiger partial charge in [-0.1, -0.05) is 169 Å². The van der Waals surface area contributed by atoms with Gasteiger partial charge in [0.1, 0.15) is 22.8 Å². The topological polar surface area (TPSA) is 91.9 Å². The molecule has 0 fully saturated rings. The van der Waals surface area contributed by atoms with Crippen LogP contribution in [0.4, 0.5) is 0 Å². The molecular weight excluding hydrogens is 1520 g/mol. The molecule has 0 saturated carbocycles. The number of methoxy groups -OCH3 is 2. The number of aryl methyl sites for hydroxylation is 11. The van der Waals surface area contributed by atoms with Crippen LogP contribution in [-0.2, 0) is 0 Å². The SMILES string of the molecule is COc1ccc(C)cc1Cl.COc1ccc2sc(C)nc2c1.Cc1[nH]c2cc(Cl)ccc2c1C.Cc1cc2cc(Cl)ccc2[nH]1.Cc1cc2ccc(Cl)cc2[nH]1.Cc1cc2ccc(Cl)cc2o1.Cc1ccc(Cl)c(Cl)c1.Cc1ccc2cc(Br)ccc2c1.Cc1sc2cc(Cl)ccc2c1C. The Morgan fingerprint density at radius 1 is 0.390 bits per heavy atom. The van der Waals surface area contributed by atoms with Crippen molar-refractivity contribution >= 4 is 206 Å². The summed E-state index contributed by atoms with van der Waals surface area (Å²) in [6.07, 6.45) is 0. The molecule has 0 aliphatic carbocycles. The maximum atomic E-state index is 5.89. The lowest BCUT2D eigenvalue weighted by Gasteiger charge is -2.01. The number of thiophene rings is 1. The van der Waals surface area contributed by atoms with E-state index in [1.54, 1.807) is 31.6 Å². The number of hydrogen-bond donors (Lipinski definition) is 3. The average molecular weight is 1590 g/mol. The summed E-state index contributed by atoms with van der Waals surface area (Å²) in [5, 5.41) is 15.6. The van der Waals surface area contributed by atoms with E-state index in [-0.39, 0.29) is 0 Å². The number of benzene rings is 10. The molecule has 0 saturated heterocycles. The van der Waals surface area contributed by atoms with Crippen molar-refractivity contribution in [1.82, 2.24) is 19.9 Å². The first-order chi connectivity index (χ1) is 47.6. The number of fused-ring (bicyclic) bond motifs is 7. The summed E-state index contributed by atoms with van der Waals surface area (Å²) in [7, 11) is 3.27. The van der Waals surface area contributed by atoms with Crippen LogP contribution in [0.3, 0.4) is 0 Å². The second kappa shape index (κ2) is 37.2. The van der Waals surface area contributed by atoms with Gasteiger partial charge in [0.25, 0.3) is 0 Å². The molecule has 7 nitrogen and oxygen atoms in total. The summed E-state index contributed by atoms with van der Waals surface area (Å²) >= 11 is 53.2. The minimum Gasteiger partial charge on any atom is -0.497 e. The van der Waals surface area contributed by atoms with E-state index in [9.17, 15) is 0 Å². The predicted octanol–water partition coefficient (Wildman–Crippen LogP) is 29.7. The Kier molecular flexibility index (Phi) is 29.2. The lowest BCUT2D eigenvalue weighted by atomic mass is 10.1. The number of halogens is 9. The highest BCUT2D eigenvalue weighted by atomic mass is 79.9. The Bertz CT molecular complexity index is 5110. The van der Waals surface area contributed by atoms with Gasteiger partial charge in [-0.05, 0) is 259 Å². The zero-order chi connectivity index (χ0) is 72.5. The highest BCUT2D eigenvalue weighted by molar-refractivity contribution is 9.10.